The fourth-order valence-corrected chi connectivity index (χ4v) is 6.72. The predicted molar refractivity (Wildman–Crippen MR) is 112 cm³/mol. The molecule has 1 aromatic carbocycles. The lowest BCUT2D eigenvalue weighted by molar-refractivity contribution is -0.133. The molecule has 0 radical (unpaired) electrons. The largest absolute Gasteiger partial charge is 0.341 e. The topological polar surface area (TPSA) is 86.8 Å². The van der Waals surface area contributed by atoms with Gasteiger partial charge in [-0.3, -0.25) is 9.59 Å². The Morgan fingerprint density at radius 2 is 1.59 bits per heavy atom. The van der Waals surface area contributed by atoms with Gasteiger partial charge in [-0.1, -0.05) is 19.3 Å². The highest BCUT2D eigenvalue weighted by Gasteiger charge is 2.37. The third-order valence-electron chi connectivity index (χ3n) is 5.79. The van der Waals surface area contributed by atoms with E-state index in [1.54, 1.807) is 17.0 Å². The molecular weight excluding hydrogens is 410 g/mol. The van der Waals surface area contributed by atoms with E-state index >= 15 is 0 Å². The molecule has 0 aliphatic carbocycles. The first-order chi connectivity index (χ1) is 14.0. The molecule has 1 aromatic rings. The number of sulfonamides is 1. The number of hydrogen-bond donors (Lipinski definition) is 1. The molecule has 3 aliphatic heterocycles. The molecule has 4 rings (SSSR count). The van der Waals surface area contributed by atoms with Crippen LogP contribution in [-0.2, 0) is 19.6 Å². The number of benzene rings is 1. The average molecular weight is 438 g/mol. The smallest absolute Gasteiger partial charge is 0.247 e. The summed E-state index contributed by atoms with van der Waals surface area (Å²) in [6, 6.07) is 4.82. The number of hydrogen-bond acceptors (Lipinski definition) is 5. The van der Waals surface area contributed by atoms with E-state index in [9.17, 15) is 18.0 Å². The van der Waals surface area contributed by atoms with Crippen molar-refractivity contribution in [3.05, 3.63) is 18.2 Å². The van der Waals surface area contributed by atoms with Crippen LogP contribution in [0.3, 0.4) is 0 Å². The van der Waals surface area contributed by atoms with E-state index in [0.29, 0.717) is 31.9 Å². The van der Waals surface area contributed by atoms with Crippen molar-refractivity contribution in [1.82, 2.24) is 9.21 Å². The number of fused-ring (bicyclic) bond motifs is 1. The highest BCUT2D eigenvalue weighted by Crippen LogP contribution is 2.38. The lowest BCUT2D eigenvalue weighted by Crippen LogP contribution is -2.45. The predicted octanol–water partition coefficient (Wildman–Crippen LogP) is 2.68. The summed E-state index contributed by atoms with van der Waals surface area (Å²) in [5, 5.41) is 1.96. The summed E-state index contributed by atoms with van der Waals surface area (Å²) in [7, 11) is -3.57. The summed E-state index contributed by atoms with van der Waals surface area (Å²) in [6.07, 6.45) is 6.97. The second-order valence-electron chi connectivity index (χ2n) is 7.85. The van der Waals surface area contributed by atoms with Crippen LogP contribution in [0.2, 0.25) is 0 Å². The van der Waals surface area contributed by atoms with Crippen molar-refractivity contribution < 1.29 is 18.0 Å². The number of carbonyl (C=O) groups is 2. The quantitative estimate of drug-likeness (QED) is 0.735. The van der Waals surface area contributed by atoms with Crippen LogP contribution in [0.5, 0.6) is 0 Å². The number of rotatable bonds is 3. The minimum atomic E-state index is -3.57. The second kappa shape index (κ2) is 8.65. The fraction of sp³-hybridized carbons (Fsp3) is 0.600. The maximum atomic E-state index is 12.9. The van der Waals surface area contributed by atoms with E-state index in [4.69, 9.17) is 0 Å². The molecule has 0 bridgehead atoms. The summed E-state index contributed by atoms with van der Waals surface area (Å²) in [5.41, 5.74) is 0.470. The lowest BCUT2D eigenvalue weighted by atomic mass is 10.2. The van der Waals surface area contributed by atoms with Gasteiger partial charge in [0.1, 0.15) is 0 Å². The molecule has 1 atom stereocenters. The van der Waals surface area contributed by atoms with Crippen molar-refractivity contribution in [3.8, 4) is 0 Å². The van der Waals surface area contributed by atoms with Crippen molar-refractivity contribution in [2.45, 2.75) is 60.0 Å². The fourth-order valence-electron chi connectivity index (χ4n) is 4.12. The van der Waals surface area contributed by atoms with Crippen LogP contribution in [0.1, 0.15) is 44.9 Å². The molecule has 1 N–H and O–H groups in total. The monoisotopic (exact) mass is 437 g/mol. The van der Waals surface area contributed by atoms with Gasteiger partial charge in [0.25, 0.3) is 0 Å². The molecule has 2 saturated heterocycles. The van der Waals surface area contributed by atoms with Crippen molar-refractivity contribution in [2.75, 3.05) is 31.5 Å². The highest BCUT2D eigenvalue weighted by atomic mass is 32.2. The normalized spacial score (nSPS) is 23.8. The van der Waals surface area contributed by atoms with E-state index in [1.807, 2.05) is 0 Å². The summed E-state index contributed by atoms with van der Waals surface area (Å²) in [6.45, 7) is 2.46. The molecule has 29 heavy (non-hydrogen) atoms. The second-order valence-corrected chi connectivity index (χ2v) is 10.9. The first kappa shape index (κ1) is 20.7. The summed E-state index contributed by atoms with van der Waals surface area (Å²) in [5.74, 6) is -0.519. The standard InChI is InChI=1S/C20H27N3O4S2/c24-19-18(20(25)22-10-4-1-2-5-11-22)28-17-9-8-15(14-16(17)21-19)29(26,27)23-12-6-3-7-13-23/h8-9,14,18H,1-7,10-13H2,(H,21,24). The number of thioether (sulfide) groups is 1. The van der Waals surface area contributed by atoms with Crippen LogP contribution >= 0.6 is 11.8 Å². The zero-order chi connectivity index (χ0) is 20.4. The SMILES string of the molecule is O=C1Nc2cc(S(=O)(=O)N3CCCCC3)ccc2SC1C(=O)N1CCCCCC1. The Bertz CT molecular complexity index is 889. The number of amides is 2. The van der Waals surface area contributed by atoms with Crippen LogP contribution in [0.4, 0.5) is 5.69 Å². The van der Waals surface area contributed by atoms with Gasteiger partial charge in [0.15, 0.2) is 5.25 Å². The molecule has 9 heteroatoms. The molecule has 158 valence electrons. The van der Waals surface area contributed by atoms with Crippen molar-refractivity contribution in [3.63, 3.8) is 0 Å². The molecule has 3 aliphatic rings. The Balaban J connectivity index is 1.53. The molecule has 0 spiro atoms. The molecule has 2 fully saturated rings. The van der Waals surface area contributed by atoms with Crippen molar-refractivity contribution in [1.29, 1.82) is 0 Å². The number of piperidine rings is 1. The van der Waals surface area contributed by atoms with E-state index in [0.717, 1.165) is 49.8 Å². The molecule has 0 aromatic heterocycles. The summed E-state index contributed by atoms with van der Waals surface area (Å²) in [4.78, 5) is 28.3. The first-order valence-corrected chi connectivity index (χ1v) is 12.7. The van der Waals surface area contributed by atoms with Gasteiger partial charge >= 0.3 is 0 Å². The Labute approximate surface area is 176 Å². The Kier molecular flexibility index (Phi) is 6.17. The number of nitrogens with one attached hydrogen (secondary N) is 1. The van der Waals surface area contributed by atoms with Gasteiger partial charge in [-0.2, -0.15) is 4.31 Å². The zero-order valence-electron chi connectivity index (χ0n) is 16.4. The molecular formula is C20H27N3O4S2. The van der Waals surface area contributed by atoms with Crippen LogP contribution in [0, 0.1) is 0 Å². The molecule has 2 amide bonds. The molecule has 7 nitrogen and oxygen atoms in total. The molecule has 1 unspecified atom stereocenters. The van der Waals surface area contributed by atoms with E-state index < -0.39 is 15.3 Å². The van der Waals surface area contributed by atoms with Gasteiger partial charge in [-0.25, -0.2) is 8.42 Å². The average Bonchev–Trinajstić information content (AvgIpc) is 3.02. The van der Waals surface area contributed by atoms with Gasteiger partial charge in [-0.15, -0.1) is 11.8 Å². The number of likely N-dealkylation sites (tertiary alicyclic amines) is 1. The maximum absolute atomic E-state index is 12.9. The van der Waals surface area contributed by atoms with E-state index in [1.165, 1.54) is 22.1 Å². The Hall–Kier alpha value is -1.58. The van der Waals surface area contributed by atoms with Gasteiger partial charge in [0.05, 0.1) is 10.6 Å². The van der Waals surface area contributed by atoms with Gasteiger partial charge < -0.3 is 10.2 Å². The third kappa shape index (κ3) is 4.32. The van der Waals surface area contributed by atoms with Crippen LogP contribution in [0.15, 0.2) is 28.0 Å². The lowest BCUT2D eigenvalue weighted by Gasteiger charge is -2.29. The minimum Gasteiger partial charge on any atom is -0.341 e. The number of carbonyl (C=O) groups excluding carboxylic acids is 2. The van der Waals surface area contributed by atoms with E-state index in [2.05, 4.69) is 5.32 Å². The summed E-state index contributed by atoms with van der Waals surface area (Å²) >= 11 is 1.22. The van der Waals surface area contributed by atoms with Gasteiger partial charge in [0, 0.05) is 31.1 Å². The van der Waals surface area contributed by atoms with Crippen molar-refractivity contribution >= 4 is 39.3 Å². The Morgan fingerprint density at radius 1 is 0.966 bits per heavy atom. The van der Waals surface area contributed by atoms with Crippen molar-refractivity contribution in [2.24, 2.45) is 0 Å². The minimum absolute atomic E-state index is 0.148. The van der Waals surface area contributed by atoms with Gasteiger partial charge in [-0.05, 0) is 43.9 Å². The zero-order valence-corrected chi connectivity index (χ0v) is 18.1. The summed E-state index contributed by atoms with van der Waals surface area (Å²) < 4.78 is 27.3. The van der Waals surface area contributed by atoms with Crippen LogP contribution < -0.4 is 5.32 Å². The molecule has 0 saturated carbocycles. The Morgan fingerprint density at radius 3 is 2.28 bits per heavy atom. The molecule has 3 heterocycles. The number of nitrogens with zero attached hydrogens (tertiary/aromatic N) is 2. The first-order valence-electron chi connectivity index (χ1n) is 10.4. The third-order valence-corrected chi connectivity index (χ3v) is 8.94. The van der Waals surface area contributed by atoms with Crippen LogP contribution in [-0.4, -0.2) is 60.9 Å². The maximum Gasteiger partial charge on any atom is 0.247 e. The van der Waals surface area contributed by atoms with E-state index in [-0.39, 0.29) is 16.7 Å². The number of anilines is 1. The van der Waals surface area contributed by atoms with Crippen LogP contribution in [0.25, 0.3) is 0 Å². The van der Waals surface area contributed by atoms with Gasteiger partial charge in [0.2, 0.25) is 21.8 Å². The highest BCUT2D eigenvalue weighted by molar-refractivity contribution is 8.01.